The summed E-state index contributed by atoms with van der Waals surface area (Å²) in [5, 5.41) is 0.602. The molecule has 2 nitrogen and oxygen atoms in total. The summed E-state index contributed by atoms with van der Waals surface area (Å²) in [6.45, 7) is 1.84. The zero-order chi connectivity index (χ0) is 13.1. The average Bonchev–Trinajstić information content (AvgIpc) is 2.38. The molecule has 0 saturated heterocycles. The number of benzene rings is 2. The maximum Gasteiger partial charge on any atom is 0.193 e. The number of hydrogen-bond donors (Lipinski definition) is 0. The molecular formula is C15H11ClO2. The Labute approximate surface area is 110 Å². The molecule has 0 atom stereocenters. The van der Waals surface area contributed by atoms with Crippen LogP contribution in [0.3, 0.4) is 0 Å². The Morgan fingerprint density at radius 2 is 1.94 bits per heavy atom. The van der Waals surface area contributed by atoms with E-state index in [4.69, 9.17) is 11.6 Å². The smallest absolute Gasteiger partial charge is 0.193 e. The number of aldehydes is 1. The maximum absolute atomic E-state index is 12.3. The lowest BCUT2D eigenvalue weighted by atomic mass is 9.98. The molecule has 0 saturated carbocycles. The lowest BCUT2D eigenvalue weighted by Gasteiger charge is -2.06. The first-order valence-electron chi connectivity index (χ1n) is 5.48. The number of halogens is 1. The number of ketones is 1. The highest BCUT2D eigenvalue weighted by Crippen LogP contribution is 2.18. The fourth-order valence-corrected chi connectivity index (χ4v) is 2.02. The van der Waals surface area contributed by atoms with Crippen LogP contribution < -0.4 is 0 Å². The first kappa shape index (κ1) is 12.5. The summed E-state index contributed by atoms with van der Waals surface area (Å²) >= 11 is 5.86. The molecule has 0 aliphatic carbocycles. The molecule has 0 fully saturated rings. The SMILES string of the molecule is Cc1cc(Cl)ccc1C(=O)c1cccc(C=O)c1. The zero-order valence-electron chi connectivity index (χ0n) is 9.81. The summed E-state index contributed by atoms with van der Waals surface area (Å²) in [4.78, 5) is 23.0. The van der Waals surface area contributed by atoms with Crippen molar-refractivity contribution in [3.8, 4) is 0 Å². The minimum atomic E-state index is -0.104. The highest BCUT2D eigenvalue weighted by atomic mass is 35.5. The van der Waals surface area contributed by atoms with Crippen LogP contribution in [0.4, 0.5) is 0 Å². The van der Waals surface area contributed by atoms with Gasteiger partial charge in [0.15, 0.2) is 5.78 Å². The van der Waals surface area contributed by atoms with Gasteiger partial charge in [0.1, 0.15) is 6.29 Å². The van der Waals surface area contributed by atoms with Crippen LogP contribution in [0.15, 0.2) is 42.5 Å². The van der Waals surface area contributed by atoms with Crippen molar-refractivity contribution in [3.63, 3.8) is 0 Å². The third kappa shape index (κ3) is 2.49. The standard InChI is InChI=1S/C15H11ClO2/c1-10-7-13(16)5-6-14(10)15(18)12-4-2-3-11(8-12)9-17/h2-9H,1H3. The molecule has 2 aromatic carbocycles. The molecule has 0 bridgehead atoms. The van der Waals surface area contributed by atoms with Gasteiger partial charge >= 0.3 is 0 Å². The average molecular weight is 259 g/mol. The fraction of sp³-hybridized carbons (Fsp3) is 0.0667. The van der Waals surface area contributed by atoms with Gasteiger partial charge in [-0.2, -0.15) is 0 Å². The number of hydrogen-bond acceptors (Lipinski definition) is 2. The molecule has 2 aromatic rings. The maximum atomic E-state index is 12.3. The van der Waals surface area contributed by atoms with Crippen molar-refractivity contribution in [2.45, 2.75) is 6.92 Å². The summed E-state index contributed by atoms with van der Waals surface area (Å²) in [6.07, 6.45) is 0.728. The summed E-state index contributed by atoms with van der Waals surface area (Å²) in [6, 6.07) is 11.8. The molecule has 0 heterocycles. The van der Waals surface area contributed by atoms with Gasteiger partial charge in [0.2, 0.25) is 0 Å². The van der Waals surface area contributed by atoms with Crippen molar-refractivity contribution < 1.29 is 9.59 Å². The van der Waals surface area contributed by atoms with E-state index in [0.29, 0.717) is 21.7 Å². The van der Waals surface area contributed by atoms with Crippen molar-refractivity contribution >= 4 is 23.7 Å². The molecule has 0 spiro atoms. The first-order chi connectivity index (χ1) is 8.61. The Morgan fingerprint density at radius 3 is 2.61 bits per heavy atom. The summed E-state index contributed by atoms with van der Waals surface area (Å²) in [7, 11) is 0. The fourth-order valence-electron chi connectivity index (χ4n) is 1.79. The molecule has 0 aliphatic heterocycles. The minimum Gasteiger partial charge on any atom is -0.298 e. The van der Waals surface area contributed by atoms with Crippen LogP contribution in [0, 0.1) is 6.92 Å². The van der Waals surface area contributed by atoms with E-state index in [-0.39, 0.29) is 5.78 Å². The molecule has 0 amide bonds. The molecule has 3 heteroatoms. The summed E-state index contributed by atoms with van der Waals surface area (Å²) in [5.74, 6) is -0.104. The number of aryl methyl sites for hydroxylation is 1. The summed E-state index contributed by atoms with van der Waals surface area (Å²) in [5.41, 5.74) is 2.42. The Kier molecular flexibility index (Phi) is 3.58. The Hall–Kier alpha value is -1.93. The quantitative estimate of drug-likeness (QED) is 0.621. The number of carbonyl (C=O) groups is 2. The molecule has 0 aliphatic rings. The van der Waals surface area contributed by atoms with Gasteiger partial charge in [0.05, 0.1) is 0 Å². The van der Waals surface area contributed by atoms with Crippen LogP contribution in [0.1, 0.15) is 31.8 Å². The van der Waals surface area contributed by atoms with Crippen molar-refractivity contribution in [2.75, 3.05) is 0 Å². The third-order valence-electron chi connectivity index (χ3n) is 2.72. The van der Waals surface area contributed by atoms with E-state index in [0.717, 1.165) is 11.8 Å². The second-order valence-electron chi connectivity index (χ2n) is 4.03. The highest BCUT2D eigenvalue weighted by molar-refractivity contribution is 6.30. The van der Waals surface area contributed by atoms with Gasteiger partial charge in [0, 0.05) is 21.7 Å². The molecule has 90 valence electrons. The van der Waals surface area contributed by atoms with E-state index >= 15 is 0 Å². The van der Waals surface area contributed by atoms with Gasteiger partial charge in [-0.25, -0.2) is 0 Å². The lowest BCUT2D eigenvalue weighted by molar-refractivity contribution is 0.103. The predicted octanol–water partition coefficient (Wildman–Crippen LogP) is 3.69. The number of carbonyl (C=O) groups excluding carboxylic acids is 2. The van der Waals surface area contributed by atoms with Crippen LogP contribution in [-0.4, -0.2) is 12.1 Å². The van der Waals surface area contributed by atoms with Gasteiger partial charge in [-0.15, -0.1) is 0 Å². The third-order valence-corrected chi connectivity index (χ3v) is 2.95. The first-order valence-corrected chi connectivity index (χ1v) is 5.85. The van der Waals surface area contributed by atoms with Gasteiger partial charge < -0.3 is 0 Å². The second kappa shape index (κ2) is 5.15. The highest BCUT2D eigenvalue weighted by Gasteiger charge is 2.12. The summed E-state index contributed by atoms with van der Waals surface area (Å²) < 4.78 is 0. The van der Waals surface area contributed by atoms with Crippen LogP contribution in [-0.2, 0) is 0 Å². The molecule has 18 heavy (non-hydrogen) atoms. The van der Waals surface area contributed by atoms with E-state index in [9.17, 15) is 9.59 Å². The molecule has 0 aromatic heterocycles. The van der Waals surface area contributed by atoms with E-state index in [1.54, 1.807) is 42.5 Å². The van der Waals surface area contributed by atoms with Crippen LogP contribution in [0.25, 0.3) is 0 Å². The number of rotatable bonds is 3. The molecular weight excluding hydrogens is 248 g/mol. The van der Waals surface area contributed by atoms with E-state index in [1.807, 2.05) is 6.92 Å². The van der Waals surface area contributed by atoms with E-state index in [1.165, 1.54) is 0 Å². The monoisotopic (exact) mass is 258 g/mol. The van der Waals surface area contributed by atoms with Gasteiger partial charge in [-0.05, 0) is 36.8 Å². The van der Waals surface area contributed by atoms with Crippen molar-refractivity contribution in [1.29, 1.82) is 0 Å². The Balaban J connectivity index is 2.44. The Morgan fingerprint density at radius 1 is 1.17 bits per heavy atom. The minimum absolute atomic E-state index is 0.104. The van der Waals surface area contributed by atoms with E-state index < -0.39 is 0 Å². The predicted molar refractivity (Wildman–Crippen MR) is 71.5 cm³/mol. The van der Waals surface area contributed by atoms with Crippen LogP contribution >= 0.6 is 11.6 Å². The Bertz CT molecular complexity index is 618. The van der Waals surface area contributed by atoms with Crippen molar-refractivity contribution in [1.82, 2.24) is 0 Å². The van der Waals surface area contributed by atoms with Gasteiger partial charge in [0.25, 0.3) is 0 Å². The van der Waals surface area contributed by atoms with Crippen LogP contribution in [0.5, 0.6) is 0 Å². The molecule has 2 rings (SSSR count). The second-order valence-corrected chi connectivity index (χ2v) is 4.47. The van der Waals surface area contributed by atoms with Gasteiger partial charge in [-0.3, -0.25) is 9.59 Å². The van der Waals surface area contributed by atoms with Crippen LogP contribution in [0.2, 0.25) is 5.02 Å². The molecule has 0 unspecified atom stereocenters. The molecule has 0 N–H and O–H groups in total. The van der Waals surface area contributed by atoms with E-state index in [2.05, 4.69) is 0 Å². The molecule has 0 radical (unpaired) electrons. The van der Waals surface area contributed by atoms with Gasteiger partial charge in [-0.1, -0.05) is 29.8 Å². The largest absolute Gasteiger partial charge is 0.298 e. The van der Waals surface area contributed by atoms with Crippen molar-refractivity contribution in [2.24, 2.45) is 0 Å². The normalized spacial score (nSPS) is 10.1. The topological polar surface area (TPSA) is 34.1 Å². The zero-order valence-corrected chi connectivity index (χ0v) is 10.6. The lowest BCUT2D eigenvalue weighted by Crippen LogP contribution is -2.04. The van der Waals surface area contributed by atoms with Crippen molar-refractivity contribution in [3.05, 3.63) is 69.7 Å².